The zero-order chi connectivity index (χ0) is 21.0. The molecular formula is C18H23F3N3O4S-. The summed E-state index contributed by atoms with van der Waals surface area (Å²) in [5, 5.41) is 0. The molecule has 1 unspecified atom stereocenters. The van der Waals surface area contributed by atoms with Gasteiger partial charge in [-0.1, -0.05) is 12.8 Å². The van der Waals surface area contributed by atoms with Crippen LogP contribution in [0.5, 0.6) is 5.75 Å². The van der Waals surface area contributed by atoms with Crippen molar-refractivity contribution in [2.75, 3.05) is 37.4 Å². The van der Waals surface area contributed by atoms with Crippen LogP contribution in [-0.4, -0.2) is 63.6 Å². The number of rotatable bonds is 6. The summed E-state index contributed by atoms with van der Waals surface area (Å²) in [7, 11) is 0. The fraction of sp³-hybridized carbons (Fsp3) is 0.611. The molecule has 0 radical (unpaired) electrons. The molecule has 0 spiro atoms. The second-order valence-corrected chi connectivity index (χ2v) is 8.01. The van der Waals surface area contributed by atoms with E-state index in [2.05, 4.69) is 9.64 Å². The van der Waals surface area contributed by atoms with E-state index in [1.165, 1.54) is 31.7 Å². The molecule has 11 heteroatoms. The second-order valence-electron chi connectivity index (χ2n) is 7.34. The van der Waals surface area contributed by atoms with Crippen molar-refractivity contribution in [3.05, 3.63) is 23.8 Å². The first-order valence-electron chi connectivity index (χ1n) is 9.48. The number of anilines is 1. The monoisotopic (exact) mass is 434 g/mol. The third kappa shape index (κ3) is 6.31. The molecule has 1 heterocycles. The molecule has 1 aromatic carbocycles. The molecule has 1 aliphatic carbocycles. The summed E-state index contributed by atoms with van der Waals surface area (Å²) in [6, 6.07) is 3.28. The summed E-state index contributed by atoms with van der Waals surface area (Å²) in [6.07, 6.45) is 0.0200. The number of ether oxygens (including phenoxy) is 1. The van der Waals surface area contributed by atoms with E-state index in [1.807, 2.05) is 4.72 Å². The number of nitrogens with one attached hydrogen (secondary N) is 1. The number of carbonyl (C=O) groups is 1. The van der Waals surface area contributed by atoms with Gasteiger partial charge >= 0.3 is 6.36 Å². The van der Waals surface area contributed by atoms with E-state index >= 15 is 0 Å². The molecule has 3 rings (SSSR count). The van der Waals surface area contributed by atoms with Crippen molar-refractivity contribution in [2.45, 2.75) is 32.0 Å². The Labute approximate surface area is 169 Å². The average molecular weight is 434 g/mol. The molecule has 1 amide bonds. The van der Waals surface area contributed by atoms with Gasteiger partial charge in [0, 0.05) is 49.6 Å². The van der Waals surface area contributed by atoms with Crippen LogP contribution >= 0.6 is 0 Å². The highest BCUT2D eigenvalue weighted by Crippen LogP contribution is 2.32. The molecule has 0 aromatic heterocycles. The smallest absolute Gasteiger partial charge is 0.573 e. The average Bonchev–Trinajstić information content (AvgIpc) is 3.15. The third-order valence-electron chi connectivity index (χ3n) is 5.30. The number of halogens is 3. The van der Waals surface area contributed by atoms with Gasteiger partial charge < -0.3 is 18.9 Å². The first-order valence-corrected chi connectivity index (χ1v) is 10.6. The van der Waals surface area contributed by atoms with E-state index in [4.69, 9.17) is 0 Å². The zero-order valence-corrected chi connectivity index (χ0v) is 16.6. The topological polar surface area (TPSA) is 84.9 Å². The van der Waals surface area contributed by atoms with Gasteiger partial charge in [0.2, 0.25) is 0 Å². The van der Waals surface area contributed by atoms with Crippen LogP contribution in [0.3, 0.4) is 0 Å². The largest absolute Gasteiger partial charge is 0.755 e. The summed E-state index contributed by atoms with van der Waals surface area (Å²) >= 11 is -2.83. The molecule has 162 valence electrons. The van der Waals surface area contributed by atoms with Gasteiger partial charge in [0.25, 0.3) is 5.91 Å². The predicted octanol–water partition coefficient (Wildman–Crippen LogP) is 2.74. The fourth-order valence-corrected chi connectivity index (χ4v) is 4.26. The Morgan fingerprint density at radius 1 is 1.21 bits per heavy atom. The molecule has 1 saturated heterocycles. The van der Waals surface area contributed by atoms with Crippen molar-refractivity contribution in [1.82, 2.24) is 9.80 Å². The van der Waals surface area contributed by atoms with Gasteiger partial charge in [-0.05, 0) is 37.0 Å². The Kier molecular flexibility index (Phi) is 7.01. The quantitative estimate of drug-likeness (QED) is 0.696. The molecule has 7 nitrogen and oxygen atoms in total. The minimum absolute atomic E-state index is 0.00993. The van der Waals surface area contributed by atoms with Gasteiger partial charge in [-0.2, -0.15) is 0 Å². The van der Waals surface area contributed by atoms with E-state index < -0.39 is 35.0 Å². The van der Waals surface area contributed by atoms with Crippen LogP contribution in [0.2, 0.25) is 0 Å². The summed E-state index contributed by atoms with van der Waals surface area (Å²) in [4.78, 5) is 16.7. The summed E-state index contributed by atoms with van der Waals surface area (Å²) in [5.41, 5.74) is -0.385. The van der Waals surface area contributed by atoms with Crippen molar-refractivity contribution in [3.63, 3.8) is 0 Å². The lowest BCUT2D eigenvalue weighted by Crippen LogP contribution is -2.49. The van der Waals surface area contributed by atoms with Crippen molar-refractivity contribution < 1.29 is 31.5 Å². The van der Waals surface area contributed by atoms with Gasteiger partial charge in [-0.25, -0.2) is 0 Å². The lowest BCUT2D eigenvalue weighted by atomic mass is 10.1. The van der Waals surface area contributed by atoms with Crippen LogP contribution in [0.1, 0.15) is 36.0 Å². The van der Waals surface area contributed by atoms with E-state index in [0.717, 1.165) is 31.8 Å². The van der Waals surface area contributed by atoms with E-state index in [9.17, 15) is 26.7 Å². The molecule has 1 aliphatic heterocycles. The van der Waals surface area contributed by atoms with Crippen LogP contribution in [0.25, 0.3) is 0 Å². The molecule has 1 N–H and O–H groups in total. The Balaban J connectivity index is 1.65. The highest BCUT2D eigenvalue weighted by atomic mass is 32.2. The molecule has 1 atom stereocenters. The molecular weight excluding hydrogens is 411 g/mol. The minimum Gasteiger partial charge on any atom is -0.755 e. The predicted molar refractivity (Wildman–Crippen MR) is 100.0 cm³/mol. The maximum absolute atomic E-state index is 12.7. The molecule has 2 aliphatic rings. The molecule has 0 bridgehead atoms. The number of hydrogen-bond acceptors (Lipinski definition) is 5. The highest BCUT2D eigenvalue weighted by Gasteiger charge is 2.33. The second kappa shape index (κ2) is 9.31. The van der Waals surface area contributed by atoms with Crippen molar-refractivity contribution in [1.29, 1.82) is 0 Å². The van der Waals surface area contributed by atoms with Gasteiger partial charge in [-0.15, -0.1) is 13.2 Å². The number of carbonyl (C=O) groups excluding carboxylic acids is 1. The van der Waals surface area contributed by atoms with Crippen molar-refractivity contribution in [3.8, 4) is 5.75 Å². The van der Waals surface area contributed by atoms with Crippen LogP contribution in [0.4, 0.5) is 18.9 Å². The van der Waals surface area contributed by atoms with Gasteiger partial charge in [0.15, 0.2) is 5.75 Å². The van der Waals surface area contributed by atoms with E-state index in [0.29, 0.717) is 19.0 Å². The molecule has 2 fully saturated rings. The Bertz CT molecular complexity index is 748. The Morgan fingerprint density at radius 2 is 1.86 bits per heavy atom. The SMILES string of the molecule is O=C(c1ccc(NS(=O)[O-])c(OC(F)(F)F)c1)N1CCN(CC2CCCC2)CC1. The number of alkyl halides is 3. The van der Waals surface area contributed by atoms with Crippen molar-refractivity contribution >= 4 is 22.9 Å². The summed E-state index contributed by atoms with van der Waals surface area (Å²) in [5.74, 6) is -0.467. The number of benzene rings is 1. The number of hydrogen-bond donors (Lipinski definition) is 1. The van der Waals surface area contributed by atoms with E-state index in [-0.39, 0.29) is 5.56 Å². The lowest BCUT2D eigenvalue weighted by molar-refractivity contribution is -0.274. The van der Waals surface area contributed by atoms with Crippen molar-refractivity contribution in [2.24, 2.45) is 5.92 Å². The Morgan fingerprint density at radius 3 is 2.45 bits per heavy atom. The molecule has 1 saturated carbocycles. The van der Waals surface area contributed by atoms with Crippen LogP contribution < -0.4 is 9.46 Å². The number of nitrogens with zero attached hydrogens (tertiary/aromatic N) is 2. The molecule has 29 heavy (non-hydrogen) atoms. The third-order valence-corrected chi connectivity index (χ3v) is 5.68. The van der Waals surface area contributed by atoms with Gasteiger partial charge in [0.1, 0.15) is 0 Å². The first kappa shape index (κ1) is 21.8. The normalized spacial score (nSPS) is 19.9. The highest BCUT2D eigenvalue weighted by molar-refractivity contribution is 7.80. The maximum atomic E-state index is 12.7. The fourth-order valence-electron chi connectivity index (χ4n) is 3.91. The van der Waals surface area contributed by atoms with Crippen LogP contribution in [0, 0.1) is 5.92 Å². The van der Waals surface area contributed by atoms with Crippen LogP contribution in [0.15, 0.2) is 18.2 Å². The summed E-state index contributed by atoms with van der Waals surface area (Å²) < 4.78 is 65.2. The zero-order valence-electron chi connectivity index (χ0n) is 15.7. The minimum atomic E-state index is -5.02. The Hall–Kier alpha value is -1.85. The molecule has 1 aromatic rings. The maximum Gasteiger partial charge on any atom is 0.573 e. The first-order chi connectivity index (χ1) is 13.7. The number of piperazine rings is 1. The van der Waals surface area contributed by atoms with Gasteiger partial charge in [-0.3, -0.25) is 13.9 Å². The van der Waals surface area contributed by atoms with E-state index in [1.54, 1.807) is 4.90 Å². The van der Waals surface area contributed by atoms with Gasteiger partial charge in [0.05, 0.1) is 5.69 Å². The standard InChI is InChI=1S/C18H24F3N3O4S/c19-18(20,21)28-16-11-14(5-6-15(16)22-29(26)27)17(25)24-9-7-23(8-10-24)12-13-3-1-2-4-13/h5-6,11,13,22H,1-4,7-10,12H2,(H,26,27)/p-1. The lowest BCUT2D eigenvalue weighted by Gasteiger charge is -2.36. The summed E-state index contributed by atoms with van der Waals surface area (Å²) in [6.45, 7) is 3.46. The van der Waals surface area contributed by atoms with Crippen LogP contribution in [-0.2, 0) is 11.3 Å². The number of amides is 1.